The molecular weight excluding hydrogens is 254 g/mol. The van der Waals surface area contributed by atoms with Crippen LogP contribution < -0.4 is 14.8 Å². The van der Waals surface area contributed by atoms with Gasteiger partial charge < -0.3 is 19.2 Å². The number of ether oxygens (including phenoxy) is 2. The van der Waals surface area contributed by atoms with Crippen molar-refractivity contribution < 1.29 is 13.9 Å². The average molecular weight is 275 g/mol. The van der Waals surface area contributed by atoms with E-state index in [-0.39, 0.29) is 0 Å². The molecule has 4 heteroatoms. The lowest BCUT2D eigenvalue weighted by Crippen LogP contribution is -2.21. The van der Waals surface area contributed by atoms with E-state index in [0.29, 0.717) is 12.6 Å². The van der Waals surface area contributed by atoms with Crippen molar-refractivity contribution in [3.05, 3.63) is 36.3 Å². The zero-order valence-corrected chi connectivity index (χ0v) is 12.4. The molecule has 0 radical (unpaired) electrons. The van der Waals surface area contributed by atoms with Gasteiger partial charge in [0.25, 0.3) is 0 Å². The normalized spacial score (nSPS) is 10.8. The van der Waals surface area contributed by atoms with E-state index >= 15 is 0 Å². The Morgan fingerprint density at radius 2 is 1.90 bits per heavy atom. The lowest BCUT2D eigenvalue weighted by Gasteiger charge is -2.12. The Balaban J connectivity index is 2.34. The second-order valence-corrected chi connectivity index (χ2v) is 4.86. The minimum absolute atomic E-state index is 0.408. The van der Waals surface area contributed by atoms with Gasteiger partial charge in [0.15, 0.2) is 0 Å². The number of methoxy groups -OCH3 is 2. The first-order chi connectivity index (χ1) is 9.65. The van der Waals surface area contributed by atoms with E-state index in [0.717, 1.165) is 28.4 Å². The van der Waals surface area contributed by atoms with Crippen LogP contribution in [0, 0.1) is 0 Å². The largest absolute Gasteiger partial charge is 0.497 e. The third kappa shape index (κ3) is 3.14. The molecule has 0 unspecified atom stereocenters. The van der Waals surface area contributed by atoms with Crippen LogP contribution in [-0.2, 0) is 6.54 Å². The molecule has 0 amide bonds. The first kappa shape index (κ1) is 14.5. The van der Waals surface area contributed by atoms with Crippen LogP contribution in [0.4, 0.5) is 0 Å². The molecule has 0 bridgehead atoms. The predicted octanol–water partition coefficient (Wildman–Crippen LogP) is 3.46. The minimum Gasteiger partial charge on any atom is -0.497 e. The van der Waals surface area contributed by atoms with Gasteiger partial charge in [-0.25, -0.2) is 0 Å². The molecule has 20 heavy (non-hydrogen) atoms. The molecule has 0 spiro atoms. The first-order valence-electron chi connectivity index (χ1n) is 6.68. The SMILES string of the molecule is COc1ccc(-c2ccoc2CNC(C)C)c(OC)c1. The average Bonchev–Trinajstić information content (AvgIpc) is 2.92. The lowest BCUT2D eigenvalue weighted by molar-refractivity contribution is 0.395. The summed E-state index contributed by atoms with van der Waals surface area (Å²) in [6.45, 7) is 4.91. The van der Waals surface area contributed by atoms with E-state index in [9.17, 15) is 0 Å². The molecule has 0 atom stereocenters. The molecule has 1 aromatic carbocycles. The van der Waals surface area contributed by atoms with Crippen LogP contribution in [0.25, 0.3) is 11.1 Å². The molecule has 108 valence electrons. The topological polar surface area (TPSA) is 43.6 Å². The van der Waals surface area contributed by atoms with Gasteiger partial charge in [0.1, 0.15) is 17.3 Å². The van der Waals surface area contributed by atoms with Crippen LogP contribution in [0.3, 0.4) is 0 Å². The molecule has 1 heterocycles. The molecule has 1 N–H and O–H groups in total. The Bertz CT molecular complexity index is 561. The fourth-order valence-corrected chi connectivity index (χ4v) is 2.04. The Morgan fingerprint density at radius 1 is 1.10 bits per heavy atom. The zero-order chi connectivity index (χ0) is 14.5. The second-order valence-electron chi connectivity index (χ2n) is 4.86. The highest BCUT2D eigenvalue weighted by Crippen LogP contribution is 2.35. The third-order valence-electron chi connectivity index (χ3n) is 3.12. The van der Waals surface area contributed by atoms with Gasteiger partial charge in [0.2, 0.25) is 0 Å². The number of benzene rings is 1. The highest BCUT2D eigenvalue weighted by molar-refractivity contribution is 5.73. The number of hydrogen-bond acceptors (Lipinski definition) is 4. The van der Waals surface area contributed by atoms with Crippen molar-refractivity contribution in [2.24, 2.45) is 0 Å². The van der Waals surface area contributed by atoms with Crippen LogP contribution in [-0.4, -0.2) is 20.3 Å². The molecule has 2 aromatic rings. The summed E-state index contributed by atoms with van der Waals surface area (Å²) >= 11 is 0. The van der Waals surface area contributed by atoms with E-state index in [4.69, 9.17) is 13.9 Å². The summed E-state index contributed by atoms with van der Waals surface area (Å²) in [5.74, 6) is 2.45. The third-order valence-corrected chi connectivity index (χ3v) is 3.12. The molecule has 4 nitrogen and oxygen atoms in total. The number of rotatable bonds is 6. The summed E-state index contributed by atoms with van der Waals surface area (Å²) in [4.78, 5) is 0. The standard InChI is InChI=1S/C16H21NO3/c1-11(2)17-10-16-14(7-8-20-16)13-6-5-12(18-3)9-15(13)19-4/h5-9,11,17H,10H2,1-4H3. The van der Waals surface area contributed by atoms with Crippen LogP contribution >= 0.6 is 0 Å². The second kappa shape index (κ2) is 6.48. The van der Waals surface area contributed by atoms with Crippen LogP contribution in [0.2, 0.25) is 0 Å². The van der Waals surface area contributed by atoms with Gasteiger partial charge >= 0.3 is 0 Å². The van der Waals surface area contributed by atoms with Crippen molar-refractivity contribution >= 4 is 0 Å². The van der Waals surface area contributed by atoms with E-state index in [1.165, 1.54) is 0 Å². The fraction of sp³-hybridized carbons (Fsp3) is 0.375. The van der Waals surface area contributed by atoms with Crippen molar-refractivity contribution in [1.82, 2.24) is 5.32 Å². The van der Waals surface area contributed by atoms with Gasteiger partial charge in [-0.2, -0.15) is 0 Å². The van der Waals surface area contributed by atoms with Crippen molar-refractivity contribution in [3.63, 3.8) is 0 Å². The summed E-state index contributed by atoms with van der Waals surface area (Å²) in [5, 5.41) is 3.36. The maximum Gasteiger partial charge on any atom is 0.130 e. The van der Waals surface area contributed by atoms with Crippen LogP contribution in [0.15, 0.2) is 34.9 Å². The van der Waals surface area contributed by atoms with Gasteiger partial charge in [-0.05, 0) is 18.2 Å². The summed E-state index contributed by atoms with van der Waals surface area (Å²) in [6.07, 6.45) is 1.70. The fourth-order valence-electron chi connectivity index (χ4n) is 2.04. The summed E-state index contributed by atoms with van der Waals surface area (Å²) in [7, 11) is 3.30. The highest BCUT2D eigenvalue weighted by Gasteiger charge is 2.14. The molecular formula is C16H21NO3. The molecule has 1 aromatic heterocycles. The minimum atomic E-state index is 0.408. The van der Waals surface area contributed by atoms with Gasteiger partial charge in [0.05, 0.1) is 27.0 Å². The Kier molecular flexibility index (Phi) is 4.69. The lowest BCUT2D eigenvalue weighted by atomic mass is 10.0. The zero-order valence-electron chi connectivity index (χ0n) is 12.4. The molecule has 0 saturated heterocycles. The van der Waals surface area contributed by atoms with Crippen LogP contribution in [0.1, 0.15) is 19.6 Å². The molecule has 0 aliphatic rings. The van der Waals surface area contributed by atoms with Crippen molar-refractivity contribution in [2.75, 3.05) is 14.2 Å². The van der Waals surface area contributed by atoms with Gasteiger partial charge in [0, 0.05) is 23.2 Å². The maximum absolute atomic E-state index is 5.58. The molecule has 0 saturated carbocycles. The maximum atomic E-state index is 5.58. The number of hydrogen-bond donors (Lipinski definition) is 1. The number of nitrogens with one attached hydrogen (secondary N) is 1. The highest BCUT2D eigenvalue weighted by atomic mass is 16.5. The van der Waals surface area contributed by atoms with E-state index in [1.54, 1.807) is 20.5 Å². The smallest absolute Gasteiger partial charge is 0.130 e. The van der Waals surface area contributed by atoms with E-state index in [1.807, 2.05) is 24.3 Å². The quantitative estimate of drug-likeness (QED) is 0.876. The van der Waals surface area contributed by atoms with Crippen LogP contribution in [0.5, 0.6) is 11.5 Å². The summed E-state index contributed by atoms with van der Waals surface area (Å²) in [5.41, 5.74) is 2.04. The van der Waals surface area contributed by atoms with Crippen molar-refractivity contribution in [3.8, 4) is 22.6 Å². The molecule has 0 aliphatic carbocycles. The summed E-state index contributed by atoms with van der Waals surface area (Å²) in [6, 6.07) is 8.15. The molecule has 0 fully saturated rings. The van der Waals surface area contributed by atoms with E-state index in [2.05, 4.69) is 19.2 Å². The monoisotopic (exact) mass is 275 g/mol. The predicted molar refractivity (Wildman–Crippen MR) is 79.2 cm³/mol. The van der Waals surface area contributed by atoms with Gasteiger partial charge in [-0.3, -0.25) is 0 Å². The Hall–Kier alpha value is -1.94. The van der Waals surface area contributed by atoms with Crippen molar-refractivity contribution in [2.45, 2.75) is 26.4 Å². The Morgan fingerprint density at radius 3 is 2.55 bits per heavy atom. The molecule has 2 rings (SSSR count). The van der Waals surface area contributed by atoms with E-state index < -0.39 is 0 Å². The molecule has 0 aliphatic heterocycles. The van der Waals surface area contributed by atoms with Gasteiger partial charge in [-0.1, -0.05) is 13.8 Å². The number of furan rings is 1. The van der Waals surface area contributed by atoms with Gasteiger partial charge in [-0.15, -0.1) is 0 Å². The first-order valence-corrected chi connectivity index (χ1v) is 6.68. The van der Waals surface area contributed by atoms with Crippen molar-refractivity contribution in [1.29, 1.82) is 0 Å². The summed E-state index contributed by atoms with van der Waals surface area (Å²) < 4.78 is 16.2. The Labute approximate surface area is 119 Å².